The predicted octanol–water partition coefficient (Wildman–Crippen LogP) is 4.91. The van der Waals surface area contributed by atoms with E-state index in [0.29, 0.717) is 15.4 Å². The number of nitrogens with zero attached hydrogens (tertiary/aromatic N) is 2. The Hall–Kier alpha value is -2.70. The van der Waals surface area contributed by atoms with Crippen molar-refractivity contribution in [3.63, 3.8) is 0 Å². The van der Waals surface area contributed by atoms with Crippen LogP contribution >= 0.6 is 23.1 Å². The van der Waals surface area contributed by atoms with Gasteiger partial charge in [0.15, 0.2) is 10.9 Å². The number of aromatic nitrogens is 2. The average molecular weight is 419 g/mol. The first-order valence-corrected chi connectivity index (χ1v) is 11.4. The minimum Gasteiger partial charge on any atom is -0.293 e. The van der Waals surface area contributed by atoms with Gasteiger partial charge in [0.25, 0.3) is 5.56 Å². The number of thioether (sulfide) groups is 1. The molecule has 29 heavy (non-hydrogen) atoms. The highest BCUT2D eigenvalue weighted by atomic mass is 32.2. The van der Waals surface area contributed by atoms with Crippen LogP contribution in [0, 0.1) is 0 Å². The largest absolute Gasteiger partial charge is 0.293 e. The van der Waals surface area contributed by atoms with Crippen molar-refractivity contribution in [2.75, 3.05) is 5.75 Å². The fourth-order valence-electron chi connectivity index (χ4n) is 3.76. The van der Waals surface area contributed by atoms with Crippen molar-refractivity contribution in [3.05, 3.63) is 87.0 Å². The molecule has 4 aromatic rings. The average Bonchev–Trinajstić information content (AvgIpc) is 3.41. The molecule has 2 heterocycles. The smallest absolute Gasteiger partial charge is 0.267 e. The molecule has 0 radical (unpaired) electrons. The molecule has 0 saturated carbocycles. The highest BCUT2D eigenvalue weighted by Gasteiger charge is 2.17. The summed E-state index contributed by atoms with van der Waals surface area (Å²) in [6, 6.07) is 17.3. The third-order valence-corrected chi connectivity index (χ3v) is 6.98. The van der Waals surface area contributed by atoms with Gasteiger partial charge in [-0.1, -0.05) is 42.1 Å². The first-order chi connectivity index (χ1) is 14.2. The molecule has 4 nitrogen and oxygen atoms in total. The van der Waals surface area contributed by atoms with Gasteiger partial charge in [-0.05, 0) is 60.0 Å². The quantitative estimate of drug-likeness (QED) is 0.262. The van der Waals surface area contributed by atoms with Crippen LogP contribution in [0.25, 0.3) is 15.9 Å². The first kappa shape index (κ1) is 18.3. The zero-order chi connectivity index (χ0) is 19.8. The highest BCUT2D eigenvalue weighted by Crippen LogP contribution is 2.26. The summed E-state index contributed by atoms with van der Waals surface area (Å²) in [7, 11) is 0. The van der Waals surface area contributed by atoms with Crippen molar-refractivity contribution in [1.29, 1.82) is 0 Å². The minimum absolute atomic E-state index is 0.0600. The van der Waals surface area contributed by atoms with E-state index >= 15 is 0 Å². The van der Waals surface area contributed by atoms with E-state index in [1.807, 2.05) is 47.8 Å². The highest BCUT2D eigenvalue weighted by molar-refractivity contribution is 7.99. The molecule has 2 aromatic carbocycles. The Balaban J connectivity index is 1.48. The van der Waals surface area contributed by atoms with Gasteiger partial charge in [0, 0.05) is 5.56 Å². The molecule has 144 valence electrons. The van der Waals surface area contributed by atoms with E-state index in [0.717, 1.165) is 30.5 Å². The maximum atomic E-state index is 13.1. The van der Waals surface area contributed by atoms with Crippen molar-refractivity contribution >= 4 is 39.1 Å². The van der Waals surface area contributed by atoms with Crippen molar-refractivity contribution in [2.24, 2.45) is 0 Å². The molecule has 0 spiro atoms. The van der Waals surface area contributed by atoms with Crippen LogP contribution in [0.4, 0.5) is 0 Å². The second-order valence-electron chi connectivity index (χ2n) is 7.06. The van der Waals surface area contributed by atoms with E-state index in [1.54, 1.807) is 10.6 Å². The summed E-state index contributed by atoms with van der Waals surface area (Å²) in [5, 5.41) is 3.03. The lowest BCUT2D eigenvalue weighted by molar-refractivity contribution is 0.102. The lowest BCUT2D eigenvalue weighted by atomic mass is 10.0. The molecule has 0 N–H and O–H groups in total. The fraction of sp³-hybridized carbons (Fsp3) is 0.174. The summed E-state index contributed by atoms with van der Waals surface area (Å²) < 4.78 is 1.61. The second kappa shape index (κ2) is 7.61. The summed E-state index contributed by atoms with van der Waals surface area (Å²) in [6.45, 7) is 0. The summed E-state index contributed by atoms with van der Waals surface area (Å²) in [6.07, 6.45) is 3.32. The summed E-state index contributed by atoms with van der Waals surface area (Å²) in [5.74, 6) is 0.305. The van der Waals surface area contributed by atoms with Crippen LogP contribution in [-0.2, 0) is 12.8 Å². The van der Waals surface area contributed by atoms with Crippen LogP contribution in [0.15, 0.2) is 69.9 Å². The lowest BCUT2D eigenvalue weighted by Gasteiger charge is -2.12. The van der Waals surface area contributed by atoms with Gasteiger partial charge in [-0.3, -0.25) is 14.2 Å². The van der Waals surface area contributed by atoms with Crippen LogP contribution in [0.5, 0.6) is 0 Å². The number of carbonyl (C=O) groups is 1. The summed E-state index contributed by atoms with van der Waals surface area (Å²) >= 11 is 2.76. The number of aryl methyl sites for hydroxylation is 2. The molecule has 2 aromatic heterocycles. The van der Waals surface area contributed by atoms with E-state index in [1.165, 1.54) is 34.2 Å². The first-order valence-electron chi connectivity index (χ1n) is 9.54. The van der Waals surface area contributed by atoms with Crippen molar-refractivity contribution in [3.8, 4) is 5.69 Å². The zero-order valence-electron chi connectivity index (χ0n) is 15.6. The van der Waals surface area contributed by atoms with E-state index in [9.17, 15) is 9.59 Å². The number of hydrogen-bond acceptors (Lipinski definition) is 5. The van der Waals surface area contributed by atoms with Gasteiger partial charge >= 0.3 is 0 Å². The number of benzene rings is 2. The van der Waals surface area contributed by atoms with Crippen molar-refractivity contribution in [1.82, 2.24) is 9.55 Å². The monoisotopic (exact) mass is 418 g/mol. The van der Waals surface area contributed by atoms with Gasteiger partial charge in [0.05, 0.1) is 16.8 Å². The maximum absolute atomic E-state index is 13.1. The van der Waals surface area contributed by atoms with Crippen LogP contribution in [0.2, 0.25) is 0 Å². The van der Waals surface area contributed by atoms with Crippen LogP contribution in [0.1, 0.15) is 27.9 Å². The topological polar surface area (TPSA) is 52.0 Å². The number of para-hydroxylation sites is 1. The molecule has 1 aliphatic rings. The molecule has 1 aliphatic carbocycles. The third kappa shape index (κ3) is 3.43. The SMILES string of the molecule is O=C(CSc1nc2sccc2c(=O)n1-c1ccccc1)c1ccc2c(c1)CCC2. The number of Topliss-reactive ketones (excluding diaryl/α,β-unsaturated/α-hetero) is 1. The number of rotatable bonds is 5. The van der Waals surface area contributed by atoms with Crippen LogP contribution < -0.4 is 5.56 Å². The Kier molecular flexibility index (Phi) is 4.81. The van der Waals surface area contributed by atoms with Crippen molar-refractivity contribution < 1.29 is 4.79 Å². The Morgan fingerprint density at radius 1 is 1.07 bits per heavy atom. The Morgan fingerprint density at radius 2 is 1.90 bits per heavy atom. The Labute approximate surface area is 176 Å². The molecule has 0 saturated heterocycles. The lowest BCUT2D eigenvalue weighted by Crippen LogP contribution is -2.21. The third-order valence-electron chi connectivity index (χ3n) is 5.23. The van der Waals surface area contributed by atoms with E-state index < -0.39 is 0 Å². The number of ketones is 1. The van der Waals surface area contributed by atoms with Gasteiger partial charge in [0.1, 0.15) is 4.83 Å². The van der Waals surface area contributed by atoms with Crippen LogP contribution in [-0.4, -0.2) is 21.1 Å². The maximum Gasteiger partial charge on any atom is 0.267 e. The van der Waals surface area contributed by atoms with E-state index in [-0.39, 0.29) is 17.1 Å². The standard InChI is InChI=1S/C23H18N2O2S2/c26-20(17-10-9-15-5-4-6-16(15)13-17)14-29-23-24-21-19(11-12-28-21)22(27)25(23)18-7-2-1-3-8-18/h1-3,7-13H,4-6,14H2. The molecular formula is C23H18N2O2S2. The molecule has 0 fully saturated rings. The predicted molar refractivity (Wildman–Crippen MR) is 119 cm³/mol. The normalized spacial score (nSPS) is 13.0. The van der Waals surface area contributed by atoms with Gasteiger partial charge in [-0.2, -0.15) is 0 Å². The number of carbonyl (C=O) groups excluding carboxylic acids is 1. The summed E-state index contributed by atoms with van der Waals surface area (Å²) in [4.78, 5) is 31.3. The molecule has 0 aliphatic heterocycles. The zero-order valence-corrected chi connectivity index (χ0v) is 17.3. The molecule has 5 rings (SSSR count). The molecular weight excluding hydrogens is 400 g/mol. The van der Waals surface area contributed by atoms with Gasteiger partial charge in [-0.15, -0.1) is 11.3 Å². The molecule has 0 amide bonds. The summed E-state index contributed by atoms with van der Waals surface area (Å²) in [5.41, 5.74) is 4.04. The van der Waals surface area contributed by atoms with Crippen molar-refractivity contribution in [2.45, 2.75) is 24.4 Å². The van der Waals surface area contributed by atoms with Gasteiger partial charge in [-0.25, -0.2) is 4.98 Å². The Morgan fingerprint density at radius 3 is 2.76 bits per heavy atom. The molecule has 0 bridgehead atoms. The second-order valence-corrected chi connectivity index (χ2v) is 8.90. The van der Waals surface area contributed by atoms with Gasteiger partial charge < -0.3 is 0 Å². The molecule has 0 atom stereocenters. The Bertz CT molecular complexity index is 1280. The van der Waals surface area contributed by atoms with E-state index in [2.05, 4.69) is 11.1 Å². The molecule has 6 heteroatoms. The van der Waals surface area contributed by atoms with Gasteiger partial charge in [0.2, 0.25) is 0 Å². The number of hydrogen-bond donors (Lipinski definition) is 0. The fourth-order valence-corrected chi connectivity index (χ4v) is 5.47. The van der Waals surface area contributed by atoms with Crippen LogP contribution in [0.3, 0.4) is 0 Å². The number of fused-ring (bicyclic) bond motifs is 2. The minimum atomic E-state index is -0.102. The van der Waals surface area contributed by atoms with E-state index in [4.69, 9.17) is 0 Å². The molecule has 0 unspecified atom stereocenters. The number of thiophene rings is 1.